The third-order valence-electron chi connectivity index (χ3n) is 1.65. The number of hydrogen-bond acceptors (Lipinski definition) is 2. The van der Waals surface area contributed by atoms with Gasteiger partial charge >= 0.3 is 6.18 Å². The molecule has 0 spiro atoms. The van der Waals surface area contributed by atoms with E-state index in [0.717, 1.165) is 19.2 Å². The summed E-state index contributed by atoms with van der Waals surface area (Å²) in [6, 6.07) is 3.08. The molecule has 1 aromatic rings. The van der Waals surface area contributed by atoms with Gasteiger partial charge in [-0.2, -0.15) is 13.2 Å². The summed E-state index contributed by atoms with van der Waals surface area (Å²) in [6.07, 6.45) is -4.54. The molecular formula is C8H6F3N3O. The van der Waals surface area contributed by atoms with Crippen molar-refractivity contribution in [2.24, 2.45) is 5.11 Å². The van der Waals surface area contributed by atoms with Gasteiger partial charge in [-0.25, -0.2) is 0 Å². The van der Waals surface area contributed by atoms with Crippen LogP contribution in [0.25, 0.3) is 10.4 Å². The fourth-order valence-corrected chi connectivity index (χ4v) is 1.03. The maximum absolute atomic E-state index is 12.4. The predicted molar refractivity (Wildman–Crippen MR) is 46.8 cm³/mol. The highest BCUT2D eigenvalue weighted by Crippen LogP contribution is 2.38. The number of nitrogens with zero attached hydrogens (tertiary/aromatic N) is 3. The molecule has 15 heavy (non-hydrogen) atoms. The highest BCUT2D eigenvalue weighted by molar-refractivity contribution is 5.48. The van der Waals surface area contributed by atoms with Gasteiger partial charge in [0, 0.05) is 10.6 Å². The van der Waals surface area contributed by atoms with Crippen LogP contribution >= 0.6 is 0 Å². The first-order valence-corrected chi connectivity index (χ1v) is 3.79. The quantitative estimate of drug-likeness (QED) is 0.423. The van der Waals surface area contributed by atoms with E-state index in [4.69, 9.17) is 5.53 Å². The molecule has 0 N–H and O–H groups in total. The molecule has 0 aliphatic carbocycles. The first-order chi connectivity index (χ1) is 6.99. The van der Waals surface area contributed by atoms with Crippen molar-refractivity contribution in [1.82, 2.24) is 0 Å². The second kappa shape index (κ2) is 4.10. The van der Waals surface area contributed by atoms with Gasteiger partial charge < -0.3 is 4.74 Å². The largest absolute Gasteiger partial charge is 0.496 e. The Bertz CT molecular complexity index is 410. The molecule has 80 valence electrons. The van der Waals surface area contributed by atoms with E-state index in [9.17, 15) is 13.2 Å². The van der Waals surface area contributed by atoms with Crippen LogP contribution in [-0.2, 0) is 6.18 Å². The molecule has 0 unspecified atom stereocenters. The Morgan fingerprint density at radius 3 is 2.53 bits per heavy atom. The summed E-state index contributed by atoms with van der Waals surface area (Å²) in [6.45, 7) is 0. The van der Waals surface area contributed by atoms with E-state index in [-0.39, 0.29) is 11.4 Å². The molecule has 1 rings (SSSR count). The van der Waals surface area contributed by atoms with Gasteiger partial charge in [0.2, 0.25) is 0 Å². The molecule has 0 fully saturated rings. The Balaban J connectivity index is 3.31. The molecule has 0 aliphatic rings. The zero-order valence-electron chi connectivity index (χ0n) is 7.62. The summed E-state index contributed by atoms with van der Waals surface area (Å²) >= 11 is 0. The molecule has 7 heteroatoms. The standard InChI is InChI=1S/C8H6F3N3O/c1-15-7-3-2-5(13-14-12)4-6(7)8(9,10)11/h2-4H,1H3. The van der Waals surface area contributed by atoms with E-state index < -0.39 is 11.7 Å². The van der Waals surface area contributed by atoms with Crippen molar-refractivity contribution in [2.75, 3.05) is 7.11 Å². The molecule has 0 atom stereocenters. The Morgan fingerprint density at radius 2 is 2.07 bits per heavy atom. The predicted octanol–water partition coefficient (Wildman–Crippen LogP) is 3.66. The zero-order valence-corrected chi connectivity index (χ0v) is 7.62. The first-order valence-electron chi connectivity index (χ1n) is 3.79. The zero-order chi connectivity index (χ0) is 11.5. The molecule has 0 aliphatic heterocycles. The molecule has 1 aromatic carbocycles. The maximum Gasteiger partial charge on any atom is 0.419 e. The molecule has 0 radical (unpaired) electrons. The van der Waals surface area contributed by atoms with Crippen molar-refractivity contribution >= 4 is 5.69 Å². The Kier molecular flexibility index (Phi) is 3.06. The van der Waals surface area contributed by atoms with Crippen LogP contribution in [-0.4, -0.2) is 7.11 Å². The fraction of sp³-hybridized carbons (Fsp3) is 0.250. The minimum atomic E-state index is -4.54. The number of rotatable bonds is 2. The number of hydrogen-bond donors (Lipinski definition) is 0. The molecule has 0 heterocycles. The van der Waals surface area contributed by atoms with Gasteiger partial charge in [0.1, 0.15) is 5.75 Å². The molecule has 0 aromatic heterocycles. The number of methoxy groups -OCH3 is 1. The van der Waals surface area contributed by atoms with Gasteiger partial charge in [-0.15, -0.1) is 0 Å². The van der Waals surface area contributed by atoms with Crippen molar-refractivity contribution in [3.8, 4) is 5.75 Å². The van der Waals surface area contributed by atoms with Crippen molar-refractivity contribution in [2.45, 2.75) is 6.18 Å². The lowest BCUT2D eigenvalue weighted by Gasteiger charge is -2.11. The third-order valence-corrected chi connectivity index (χ3v) is 1.65. The van der Waals surface area contributed by atoms with E-state index in [1.807, 2.05) is 0 Å². The number of ether oxygens (including phenoxy) is 1. The van der Waals surface area contributed by atoms with Gasteiger partial charge in [-0.05, 0) is 23.7 Å². The monoisotopic (exact) mass is 217 g/mol. The van der Waals surface area contributed by atoms with E-state index >= 15 is 0 Å². The lowest BCUT2D eigenvalue weighted by molar-refractivity contribution is -0.138. The fourth-order valence-electron chi connectivity index (χ4n) is 1.03. The Morgan fingerprint density at radius 1 is 1.40 bits per heavy atom. The average Bonchev–Trinajstić information content (AvgIpc) is 2.17. The highest BCUT2D eigenvalue weighted by Gasteiger charge is 2.34. The van der Waals surface area contributed by atoms with E-state index in [1.165, 1.54) is 6.07 Å². The summed E-state index contributed by atoms with van der Waals surface area (Å²) in [5.74, 6) is -0.306. The van der Waals surface area contributed by atoms with Crippen molar-refractivity contribution in [1.29, 1.82) is 0 Å². The molecule has 4 nitrogen and oxygen atoms in total. The number of azide groups is 1. The van der Waals surface area contributed by atoms with Gasteiger partial charge in [0.15, 0.2) is 0 Å². The van der Waals surface area contributed by atoms with Crippen LogP contribution < -0.4 is 4.74 Å². The third kappa shape index (κ3) is 2.54. The van der Waals surface area contributed by atoms with Crippen LogP contribution in [0.5, 0.6) is 5.75 Å². The van der Waals surface area contributed by atoms with Crippen LogP contribution in [0.3, 0.4) is 0 Å². The topological polar surface area (TPSA) is 58.0 Å². The molecule has 0 bridgehead atoms. The number of alkyl halides is 3. The van der Waals surface area contributed by atoms with E-state index in [1.54, 1.807) is 0 Å². The van der Waals surface area contributed by atoms with Crippen LogP contribution in [0.4, 0.5) is 18.9 Å². The van der Waals surface area contributed by atoms with Crippen molar-refractivity contribution in [3.05, 3.63) is 34.2 Å². The Hall–Kier alpha value is -1.88. The molecular weight excluding hydrogens is 211 g/mol. The highest BCUT2D eigenvalue weighted by atomic mass is 19.4. The molecule has 0 saturated heterocycles. The van der Waals surface area contributed by atoms with Gasteiger partial charge in [0.05, 0.1) is 12.7 Å². The van der Waals surface area contributed by atoms with Crippen LogP contribution in [0.2, 0.25) is 0 Å². The van der Waals surface area contributed by atoms with E-state index in [2.05, 4.69) is 14.8 Å². The second-order valence-corrected chi connectivity index (χ2v) is 2.57. The van der Waals surface area contributed by atoms with Crippen LogP contribution in [0, 0.1) is 0 Å². The Labute approximate surface area is 82.9 Å². The van der Waals surface area contributed by atoms with Gasteiger partial charge in [-0.3, -0.25) is 0 Å². The maximum atomic E-state index is 12.4. The summed E-state index contributed by atoms with van der Waals surface area (Å²) in [7, 11) is 1.14. The summed E-state index contributed by atoms with van der Waals surface area (Å²) in [5, 5.41) is 3.08. The average molecular weight is 217 g/mol. The number of benzene rings is 1. The summed E-state index contributed by atoms with van der Waals surface area (Å²) in [4.78, 5) is 2.40. The van der Waals surface area contributed by atoms with E-state index in [0.29, 0.717) is 0 Å². The normalized spacial score (nSPS) is 10.7. The van der Waals surface area contributed by atoms with Crippen LogP contribution in [0.15, 0.2) is 23.3 Å². The minimum Gasteiger partial charge on any atom is -0.496 e. The van der Waals surface area contributed by atoms with Crippen molar-refractivity contribution < 1.29 is 17.9 Å². The lowest BCUT2D eigenvalue weighted by Crippen LogP contribution is -2.06. The summed E-state index contributed by atoms with van der Waals surface area (Å²) < 4.78 is 41.9. The molecule has 0 saturated carbocycles. The minimum absolute atomic E-state index is 0.106. The smallest absolute Gasteiger partial charge is 0.419 e. The van der Waals surface area contributed by atoms with Gasteiger partial charge in [0.25, 0.3) is 0 Å². The first kappa shape index (κ1) is 11.2. The van der Waals surface area contributed by atoms with Crippen molar-refractivity contribution in [3.63, 3.8) is 0 Å². The summed E-state index contributed by atoms with van der Waals surface area (Å²) in [5.41, 5.74) is 7.02. The van der Waals surface area contributed by atoms with Crippen LogP contribution in [0.1, 0.15) is 5.56 Å². The lowest BCUT2D eigenvalue weighted by atomic mass is 10.1. The van der Waals surface area contributed by atoms with Gasteiger partial charge in [-0.1, -0.05) is 5.11 Å². The SMILES string of the molecule is COc1ccc(N=[N+]=[N-])cc1C(F)(F)F. The second-order valence-electron chi connectivity index (χ2n) is 2.57. The molecule has 0 amide bonds. The number of halogens is 3.